The molecule has 1 atom stereocenters. The summed E-state index contributed by atoms with van der Waals surface area (Å²) in [6, 6.07) is 10.5. The number of thiophene rings is 1. The third-order valence-corrected chi connectivity index (χ3v) is 7.77. The number of hydrogen-bond acceptors (Lipinski definition) is 8. The predicted octanol–water partition coefficient (Wildman–Crippen LogP) is 5.24. The highest BCUT2D eigenvalue weighted by Gasteiger charge is 2.30. The van der Waals surface area contributed by atoms with E-state index >= 15 is 0 Å². The molecule has 0 N–H and O–H groups in total. The van der Waals surface area contributed by atoms with E-state index in [0.29, 0.717) is 66.2 Å². The zero-order valence-electron chi connectivity index (χ0n) is 19.4. The van der Waals surface area contributed by atoms with Crippen LogP contribution < -0.4 is 9.80 Å². The molecular weight excluding hydrogens is 501 g/mol. The normalized spacial score (nSPS) is 18.5. The molecule has 6 rings (SSSR count). The van der Waals surface area contributed by atoms with E-state index in [0.717, 1.165) is 30.1 Å². The van der Waals surface area contributed by atoms with Gasteiger partial charge in [0.25, 0.3) is 0 Å². The fourth-order valence-corrected chi connectivity index (χ4v) is 5.71. The smallest absolute Gasteiger partial charge is 0.210 e. The van der Waals surface area contributed by atoms with Crippen LogP contribution in [0.4, 0.5) is 16.0 Å². The van der Waals surface area contributed by atoms with E-state index < -0.39 is 0 Å². The number of nitrogens with zero attached hydrogens (tertiary/aromatic N) is 7. The second-order valence-corrected chi connectivity index (χ2v) is 10.1. The first-order chi connectivity index (χ1) is 17.6. The molecule has 184 valence electrons. The molecule has 4 aromatic rings. The lowest BCUT2D eigenvalue weighted by Gasteiger charge is -2.37. The van der Waals surface area contributed by atoms with Crippen molar-refractivity contribution in [3.8, 4) is 16.8 Å². The van der Waals surface area contributed by atoms with Gasteiger partial charge in [-0.2, -0.15) is 5.26 Å². The van der Waals surface area contributed by atoms with Crippen molar-refractivity contribution in [3.63, 3.8) is 0 Å². The Balaban J connectivity index is 1.35. The van der Waals surface area contributed by atoms with Crippen LogP contribution in [-0.2, 0) is 4.74 Å². The zero-order chi connectivity index (χ0) is 24.6. The number of anilines is 2. The maximum Gasteiger partial charge on any atom is 0.210 e. The molecule has 0 amide bonds. The number of benzene rings is 1. The minimum Gasteiger partial charge on any atom is -0.366 e. The molecule has 2 saturated heterocycles. The second kappa shape index (κ2) is 9.65. The minimum atomic E-state index is -0.381. The Hall–Kier alpha value is -3.26. The molecule has 0 spiro atoms. The van der Waals surface area contributed by atoms with Gasteiger partial charge in [-0.3, -0.25) is 4.57 Å². The van der Waals surface area contributed by atoms with Crippen molar-refractivity contribution in [2.45, 2.75) is 25.5 Å². The van der Waals surface area contributed by atoms with E-state index in [2.05, 4.69) is 14.5 Å². The van der Waals surface area contributed by atoms with Crippen molar-refractivity contribution in [2.75, 3.05) is 42.6 Å². The summed E-state index contributed by atoms with van der Waals surface area (Å²) in [6.07, 6.45) is 2.77. The number of imidazole rings is 1. The van der Waals surface area contributed by atoms with E-state index in [4.69, 9.17) is 31.6 Å². The molecule has 0 aliphatic carbocycles. The van der Waals surface area contributed by atoms with Crippen LogP contribution in [0.3, 0.4) is 0 Å². The Morgan fingerprint density at radius 2 is 1.92 bits per heavy atom. The van der Waals surface area contributed by atoms with Crippen molar-refractivity contribution < 1.29 is 9.13 Å². The number of nitriles is 1. The molecule has 1 unspecified atom stereocenters. The Kier molecular flexibility index (Phi) is 6.21. The van der Waals surface area contributed by atoms with Gasteiger partial charge in [-0.25, -0.2) is 19.3 Å². The van der Waals surface area contributed by atoms with Crippen molar-refractivity contribution in [1.82, 2.24) is 19.5 Å². The molecular formula is C25H23ClFN7OS. The van der Waals surface area contributed by atoms with Crippen LogP contribution in [-0.4, -0.2) is 52.3 Å². The second-order valence-electron chi connectivity index (χ2n) is 8.84. The summed E-state index contributed by atoms with van der Waals surface area (Å²) >= 11 is 8.20. The van der Waals surface area contributed by atoms with Crippen molar-refractivity contribution in [1.29, 1.82) is 5.26 Å². The number of aromatic nitrogens is 4. The number of ether oxygens (including phenoxy) is 1. The van der Waals surface area contributed by atoms with E-state index in [1.54, 1.807) is 23.5 Å². The van der Waals surface area contributed by atoms with E-state index in [-0.39, 0.29) is 12.0 Å². The summed E-state index contributed by atoms with van der Waals surface area (Å²) in [5.41, 5.74) is 2.05. The Morgan fingerprint density at radius 3 is 2.61 bits per heavy atom. The van der Waals surface area contributed by atoms with Crippen LogP contribution >= 0.6 is 22.9 Å². The Morgan fingerprint density at radius 1 is 1.08 bits per heavy atom. The highest BCUT2D eigenvalue weighted by Crippen LogP contribution is 2.36. The SMILES string of the molecule is N#Cc1ccc(N2CCN(c3nc4c(Cl)nc(-c5cccs5)nc4n3C3CCCCO3)CC2)c(F)c1. The van der Waals surface area contributed by atoms with Gasteiger partial charge in [-0.1, -0.05) is 17.7 Å². The molecule has 36 heavy (non-hydrogen) atoms. The van der Waals surface area contributed by atoms with E-state index in [1.165, 1.54) is 6.07 Å². The van der Waals surface area contributed by atoms with Crippen LogP contribution in [0.15, 0.2) is 35.7 Å². The molecule has 5 heterocycles. The molecule has 1 aromatic carbocycles. The first-order valence-corrected chi connectivity index (χ1v) is 13.2. The number of rotatable bonds is 4. The summed E-state index contributed by atoms with van der Waals surface area (Å²) in [5, 5.41) is 11.3. The molecule has 2 aliphatic rings. The first-order valence-electron chi connectivity index (χ1n) is 11.9. The van der Waals surface area contributed by atoms with Crippen LogP contribution in [0.25, 0.3) is 21.9 Å². The molecule has 0 radical (unpaired) electrons. The summed E-state index contributed by atoms with van der Waals surface area (Å²) in [5.74, 6) is 0.942. The quantitative estimate of drug-likeness (QED) is 0.338. The van der Waals surface area contributed by atoms with Gasteiger partial charge in [0, 0.05) is 32.8 Å². The van der Waals surface area contributed by atoms with Gasteiger partial charge in [0.1, 0.15) is 17.6 Å². The zero-order valence-corrected chi connectivity index (χ0v) is 21.0. The summed E-state index contributed by atoms with van der Waals surface area (Å²) < 4.78 is 22.9. The number of piperazine rings is 1. The molecule has 2 aliphatic heterocycles. The average Bonchev–Trinajstić information content (AvgIpc) is 3.58. The molecule has 8 nitrogen and oxygen atoms in total. The van der Waals surface area contributed by atoms with Crippen molar-refractivity contribution in [3.05, 3.63) is 52.2 Å². The number of fused-ring (bicyclic) bond motifs is 1. The number of hydrogen-bond donors (Lipinski definition) is 0. The summed E-state index contributed by atoms with van der Waals surface area (Å²) in [4.78, 5) is 19.4. The van der Waals surface area contributed by atoms with Crippen molar-refractivity contribution >= 4 is 45.7 Å². The summed E-state index contributed by atoms with van der Waals surface area (Å²) in [6.45, 7) is 3.18. The third-order valence-electron chi connectivity index (χ3n) is 6.64. The van der Waals surface area contributed by atoms with Crippen LogP contribution in [0.5, 0.6) is 0 Å². The van der Waals surface area contributed by atoms with E-state index in [9.17, 15) is 4.39 Å². The maximum absolute atomic E-state index is 14.6. The lowest BCUT2D eigenvalue weighted by molar-refractivity contribution is -0.0289. The Labute approximate surface area is 216 Å². The van der Waals surface area contributed by atoms with Gasteiger partial charge in [0.15, 0.2) is 16.6 Å². The van der Waals surface area contributed by atoms with Gasteiger partial charge in [-0.05, 0) is 48.9 Å². The highest BCUT2D eigenvalue weighted by molar-refractivity contribution is 7.13. The van der Waals surface area contributed by atoms with Gasteiger partial charge in [0.2, 0.25) is 5.95 Å². The molecule has 3 aromatic heterocycles. The van der Waals surface area contributed by atoms with Crippen LogP contribution in [0, 0.1) is 17.1 Å². The predicted molar refractivity (Wildman–Crippen MR) is 138 cm³/mol. The van der Waals surface area contributed by atoms with Gasteiger partial charge in [-0.15, -0.1) is 11.3 Å². The van der Waals surface area contributed by atoms with Gasteiger partial charge in [0.05, 0.1) is 22.2 Å². The standard InChI is InChI=1S/C25H23ClFN7OS/c26-22-21-24(31-23(30-22)19-4-3-13-36-19)34(20-5-1-2-12-35-20)25(29-21)33-10-8-32(9-11-33)18-7-6-16(15-28)14-17(18)27/h3-4,6-7,13-14,20H,1-2,5,8-12H2. The molecule has 0 bridgehead atoms. The van der Waals surface area contributed by atoms with Crippen LogP contribution in [0.2, 0.25) is 5.15 Å². The average molecular weight is 524 g/mol. The molecule has 0 saturated carbocycles. The van der Waals surface area contributed by atoms with Crippen LogP contribution in [0.1, 0.15) is 31.1 Å². The molecule has 2 fully saturated rings. The monoisotopic (exact) mass is 523 g/mol. The highest BCUT2D eigenvalue weighted by atomic mass is 35.5. The topological polar surface area (TPSA) is 83.1 Å². The van der Waals surface area contributed by atoms with Gasteiger partial charge < -0.3 is 14.5 Å². The molecule has 11 heteroatoms. The largest absolute Gasteiger partial charge is 0.366 e. The fraction of sp³-hybridized carbons (Fsp3) is 0.360. The van der Waals surface area contributed by atoms with E-state index in [1.807, 2.05) is 28.5 Å². The lowest BCUT2D eigenvalue weighted by Crippen LogP contribution is -2.48. The first kappa shape index (κ1) is 23.2. The fourth-order valence-electron chi connectivity index (χ4n) is 4.84. The van der Waals surface area contributed by atoms with Crippen molar-refractivity contribution in [2.24, 2.45) is 0 Å². The van der Waals surface area contributed by atoms with Gasteiger partial charge >= 0.3 is 0 Å². The summed E-state index contributed by atoms with van der Waals surface area (Å²) in [7, 11) is 0. The lowest BCUT2D eigenvalue weighted by atomic mass is 10.2. The maximum atomic E-state index is 14.6. The minimum absolute atomic E-state index is 0.185. The Bertz CT molecular complexity index is 1440. The number of halogens is 2. The third kappa shape index (κ3) is 4.17.